The Labute approximate surface area is 123 Å². The SMILES string of the molecule is COc1ccc(S(=O)(=O)NCC2(O)CCC2)cc1C(N)=O. The van der Waals surface area contributed by atoms with Gasteiger partial charge in [-0.15, -0.1) is 0 Å². The number of benzene rings is 1. The number of rotatable bonds is 6. The molecule has 0 atom stereocenters. The molecular weight excluding hydrogens is 296 g/mol. The number of carbonyl (C=O) groups excluding carboxylic acids is 1. The molecule has 0 radical (unpaired) electrons. The average molecular weight is 314 g/mol. The van der Waals surface area contributed by atoms with Crippen LogP contribution >= 0.6 is 0 Å². The van der Waals surface area contributed by atoms with Crippen LogP contribution < -0.4 is 15.2 Å². The van der Waals surface area contributed by atoms with E-state index in [0.29, 0.717) is 12.8 Å². The summed E-state index contributed by atoms with van der Waals surface area (Å²) in [5.41, 5.74) is 4.22. The van der Waals surface area contributed by atoms with E-state index >= 15 is 0 Å². The zero-order chi connectivity index (χ0) is 15.7. The fraction of sp³-hybridized carbons (Fsp3) is 0.462. The van der Waals surface area contributed by atoms with Gasteiger partial charge in [0, 0.05) is 6.54 Å². The van der Waals surface area contributed by atoms with Crippen LogP contribution in [0.4, 0.5) is 0 Å². The molecule has 1 aromatic rings. The molecule has 7 nitrogen and oxygen atoms in total. The monoisotopic (exact) mass is 314 g/mol. The van der Waals surface area contributed by atoms with Crippen molar-refractivity contribution in [3.63, 3.8) is 0 Å². The molecule has 21 heavy (non-hydrogen) atoms. The zero-order valence-electron chi connectivity index (χ0n) is 11.6. The topological polar surface area (TPSA) is 119 Å². The number of nitrogens with one attached hydrogen (secondary N) is 1. The highest BCUT2D eigenvalue weighted by atomic mass is 32.2. The first-order chi connectivity index (χ1) is 9.77. The molecule has 0 heterocycles. The van der Waals surface area contributed by atoms with Crippen LogP contribution in [0.2, 0.25) is 0 Å². The first-order valence-electron chi connectivity index (χ1n) is 6.47. The molecule has 0 bridgehead atoms. The molecule has 0 spiro atoms. The maximum Gasteiger partial charge on any atom is 0.252 e. The van der Waals surface area contributed by atoms with Crippen molar-refractivity contribution in [3.05, 3.63) is 23.8 Å². The molecule has 0 aromatic heterocycles. The van der Waals surface area contributed by atoms with E-state index in [1.807, 2.05) is 0 Å². The van der Waals surface area contributed by atoms with E-state index in [1.165, 1.54) is 19.2 Å². The lowest BCUT2D eigenvalue weighted by atomic mass is 9.81. The largest absolute Gasteiger partial charge is 0.496 e. The number of aliphatic hydroxyl groups is 1. The van der Waals surface area contributed by atoms with Crippen molar-refractivity contribution >= 4 is 15.9 Å². The molecule has 8 heteroatoms. The van der Waals surface area contributed by atoms with Crippen molar-refractivity contribution in [3.8, 4) is 5.75 Å². The van der Waals surface area contributed by atoms with Crippen molar-refractivity contribution in [1.29, 1.82) is 0 Å². The van der Waals surface area contributed by atoms with E-state index in [9.17, 15) is 18.3 Å². The maximum absolute atomic E-state index is 12.2. The van der Waals surface area contributed by atoms with Crippen molar-refractivity contribution < 1.29 is 23.1 Å². The number of methoxy groups -OCH3 is 1. The number of amides is 1. The lowest BCUT2D eigenvalue weighted by molar-refractivity contribution is -0.0270. The van der Waals surface area contributed by atoms with Crippen LogP contribution in [0, 0.1) is 0 Å². The quantitative estimate of drug-likeness (QED) is 0.682. The maximum atomic E-state index is 12.2. The van der Waals surface area contributed by atoms with Crippen LogP contribution in [0.3, 0.4) is 0 Å². The molecule has 0 aliphatic heterocycles. The minimum atomic E-state index is -3.82. The summed E-state index contributed by atoms with van der Waals surface area (Å²) in [5, 5.41) is 9.92. The van der Waals surface area contributed by atoms with E-state index in [2.05, 4.69) is 4.72 Å². The Morgan fingerprint density at radius 1 is 1.48 bits per heavy atom. The lowest BCUT2D eigenvalue weighted by Crippen LogP contribution is -2.47. The third-order valence-electron chi connectivity index (χ3n) is 3.62. The van der Waals surface area contributed by atoms with E-state index in [4.69, 9.17) is 10.5 Å². The van der Waals surface area contributed by atoms with Crippen LogP contribution in [-0.2, 0) is 10.0 Å². The Bertz CT molecular complexity index is 653. The molecule has 1 saturated carbocycles. The number of hydrogen-bond acceptors (Lipinski definition) is 5. The molecule has 4 N–H and O–H groups in total. The van der Waals surface area contributed by atoms with Crippen molar-refractivity contribution in [2.45, 2.75) is 29.8 Å². The molecule has 1 aliphatic rings. The van der Waals surface area contributed by atoms with Crippen molar-refractivity contribution in [2.24, 2.45) is 5.73 Å². The standard InChI is InChI=1S/C13H18N2O5S/c1-20-11-4-3-9(7-10(11)12(14)16)21(18,19)15-8-13(17)5-2-6-13/h3-4,7,15,17H,2,5-6,8H2,1H3,(H2,14,16). The Kier molecular flexibility index (Phi) is 4.22. The van der Waals surface area contributed by atoms with Gasteiger partial charge in [-0.2, -0.15) is 0 Å². The number of hydrogen-bond donors (Lipinski definition) is 3. The van der Waals surface area contributed by atoms with Gasteiger partial charge in [-0.1, -0.05) is 0 Å². The van der Waals surface area contributed by atoms with Gasteiger partial charge in [-0.3, -0.25) is 4.79 Å². The second kappa shape index (κ2) is 5.63. The highest BCUT2D eigenvalue weighted by Gasteiger charge is 2.35. The minimum Gasteiger partial charge on any atom is -0.496 e. The van der Waals surface area contributed by atoms with Gasteiger partial charge in [-0.05, 0) is 37.5 Å². The fourth-order valence-corrected chi connectivity index (χ4v) is 3.27. The summed E-state index contributed by atoms with van der Waals surface area (Å²) in [6, 6.07) is 3.85. The summed E-state index contributed by atoms with van der Waals surface area (Å²) in [6.45, 7) is -0.0483. The third-order valence-corrected chi connectivity index (χ3v) is 5.02. The number of ether oxygens (including phenoxy) is 1. The average Bonchev–Trinajstić information content (AvgIpc) is 2.42. The summed E-state index contributed by atoms with van der Waals surface area (Å²) in [6.07, 6.45) is 2.03. The van der Waals surface area contributed by atoms with Gasteiger partial charge in [0.2, 0.25) is 10.0 Å². The van der Waals surface area contributed by atoms with Gasteiger partial charge in [-0.25, -0.2) is 13.1 Å². The molecule has 0 saturated heterocycles. The van der Waals surface area contributed by atoms with E-state index in [1.54, 1.807) is 0 Å². The van der Waals surface area contributed by atoms with Gasteiger partial charge >= 0.3 is 0 Å². The minimum absolute atomic E-state index is 0.0114. The van der Waals surface area contributed by atoms with E-state index in [0.717, 1.165) is 12.5 Å². The molecule has 0 unspecified atom stereocenters. The molecular formula is C13H18N2O5S. The smallest absolute Gasteiger partial charge is 0.252 e. The second-order valence-corrected chi connectivity index (χ2v) is 6.90. The third kappa shape index (κ3) is 3.34. The molecule has 1 aromatic carbocycles. The summed E-state index contributed by atoms with van der Waals surface area (Å²) < 4.78 is 31.7. The highest BCUT2D eigenvalue weighted by Crippen LogP contribution is 2.31. The normalized spacial score (nSPS) is 17.0. The van der Waals surface area contributed by atoms with Crippen LogP contribution in [-0.4, -0.2) is 38.7 Å². The number of primary amides is 1. The van der Waals surface area contributed by atoms with Gasteiger partial charge in [0.05, 0.1) is 23.2 Å². The Morgan fingerprint density at radius 3 is 2.62 bits per heavy atom. The molecule has 1 amide bonds. The number of sulfonamides is 1. The van der Waals surface area contributed by atoms with Crippen LogP contribution in [0.5, 0.6) is 5.75 Å². The predicted molar refractivity (Wildman–Crippen MR) is 75.5 cm³/mol. The number of carbonyl (C=O) groups is 1. The highest BCUT2D eigenvalue weighted by molar-refractivity contribution is 7.89. The summed E-state index contributed by atoms with van der Waals surface area (Å²) in [4.78, 5) is 11.2. The molecule has 2 rings (SSSR count). The molecule has 116 valence electrons. The zero-order valence-corrected chi connectivity index (χ0v) is 12.4. The summed E-state index contributed by atoms with van der Waals surface area (Å²) in [7, 11) is -2.46. The Hall–Kier alpha value is -1.64. The Balaban J connectivity index is 2.23. The fourth-order valence-electron chi connectivity index (χ4n) is 2.12. The van der Waals surface area contributed by atoms with Crippen molar-refractivity contribution in [1.82, 2.24) is 4.72 Å². The predicted octanol–water partition coefficient (Wildman–Crippen LogP) is -0.0126. The van der Waals surface area contributed by atoms with E-state index < -0.39 is 21.5 Å². The first kappa shape index (κ1) is 15.7. The van der Waals surface area contributed by atoms with Gasteiger partial charge in [0.25, 0.3) is 5.91 Å². The lowest BCUT2D eigenvalue weighted by Gasteiger charge is -2.36. The van der Waals surface area contributed by atoms with Crippen LogP contribution in [0.15, 0.2) is 23.1 Å². The molecule has 1 aliphatic carbocycles. The van der Waals surface area contributed by atoms with Gasteiger partial charge < -0.3 is 15.6 Å². The summed E-state index contributed by atoms with van der Waals surface area (Å²) in [5.74, 6) is -0.569. The van der Waals surface area contributed by atoms with Crippen LogP contribution in [0.1, 0.15) is 29.6 Å². The van der Waals surface area contributed by atoms with Crippen LogP contribution in [0.25, 0.3) is 0 Å². The number of nitrogens with two attached hydrogens (primary N) is 1. The summed E-state index contributed by atoms with van der Waals surface area (Å²) >= 11 is 0. The van der Waals surface area contributed by atoms with Gasteiger partial charge in [0.1, 0.15) is 5.75 Å². The van der Waals surface area contributed by atoms with E-state index in [-0.39, 0.29) is 22.8 Å². The first-order valence-corrected chi connectivity index (χ1v) is 7.96. The van der Waals surface area contributed by atoms with Crippen molar-refractivity contribution in [2.75, 3.05) is 13.7 Å². The molecule has 1 fully saturated rings. The Morgan fingerprint density at radius 2 is 2.14 bits per heavy atom. The van der Waals surface area contributed by atoms with Gasteiger partial charge in [0.15, 0.2) is 0 Å². The second-order valence-electron chi connectivity index (χ2n) is 5.13.